The van der Waals surface area contributed by atoms with E-state index in [0.29, 0.717) is 13.1 Å². The first-order valence-corrected chi connectivity index (χ1v) is 5.70. The largest absolute Gasteiger partial charge is 0.301 e. The lowest BCUT2D eigenvalue weighted by molar-refractivity contribution is -0.138. The molecule has 0 aliphatic carbocycles. The van der Waals surface area contributed by atoms with E-state index in [0.717, 1.165) is 11.3 Å². The maximum Gasteiger partial charge on any atom is 0.246 e. The van der Waals surface area contributed by atoms with Crippen molar-refractivity contribution in [3.8, 4) is 0 Å². The van der Waals surface area contributed by atoms with Gasteiger partial charge in [0.15, 0.2) is 0 Å². The van der Waals surface area contributed by atoms with Crippen LogP contribution < -0.4 is 5.32 Å². The Morgan fingerprint density at radius 2 is 2.35 bits per heavy atom. The lowest BCUT2D eigenvalue weighted by atomic mass is 10.2. The summed E-state index contributed by atoms with van der Waals surface area (Å²) in [6.07, 6.45) is 1.98. The molecule has 6 nitrogen and oxygen atoms in total. The van der Waals surface area contributed by atoms with Crippen molar-refractivity contribution in [3.63, 3.8) is 0 Å². The SMILES string of the molecule is CCN1C(=O)CC(NCc2cn[nH]c2C)C1=O. The number of imide groups is 1. The van der Waals surface area contributed by atoms with Gasteiger partial charge in [-0.2, -0.15) is 5.10 Å². The molecule has 1 saturated heterocycles. The molecule has 6 heteroatoms. The van der Waals surface area contributed by atoms with Crippen LogP contribution in [0.15, 0.2) is 6.20 Å². The Kier molecular flexibility index (Phi) is 3.23. The van der Waals surface area contributed by atoms with Gasteiger partial charge >= 0.3 is 0 Å². The van der Waals surface area contributed by atoms with Gasteiger partial charge in [-0.3, -0.25) is 19.6 Å². The fraction of sp³-hybridized carbons (Fsp3) is 0.545. The number of aromatic nitrogens is 2. The molecule has 2 N–H and O–H groups in total. The van der Waals surface area contributed by atoms with Gasteiger partial charge in [0.05, 0.1) is 18.7 Å². The van der Waals surface area contributed by atoms with Crippen molar-refractivity contribution in [2.45, 2.75) is 32.9 Å². The molecule has 2 rings (SSSR count). The van der Waals surface area contributed by atoms with Gasteiger partial charge in [-0.15, -0.1) is 0 Å². The maximum absolute atomic E-state index is 11.8. The minimum absolute atomic E-state index is 0.0982. The normalized spacial score (nSPS) is 20.4. The third kappa shape index (κ3) is 2.21. The van der Waals surface area contributed by atoms with Crippen molar-refractivity contribution < 1.29 is 9.59 Å². The third-order valence-electron chi connectivity index (χ3n) is 3.03. The van der Waals surface area contributed by atoms with Crippen LogP contribution in [0.4, 0.5) is 0 Å². The van der Waals surface area contributed by atoms with E-state index in [2.05, 4.69) is 15.5 Å². The fourth-order valence-electron chi connectivity index (χ4n) is 1.96. The van der Waals surface area contributed by atoms with E-state index in [9.17, 15) is 9.59 Å². The van der Waals surface area contributed by atoms with Gasteiger partial charge in [0.2, 0.25) is 11.8 Å². The van der Waals surface area contributed by atoms with Gasteiger partial charge in [-0.05, 0) is 13.8 Å². The number of aromatic amines is 1. The Bertz CT molecular complexity index is 440. The van der Waals surface area contributed by atoms with Gasteiger partial charge in [0, 0.05) is 24.3 Å². The van der Waals surface area contributed by atoms with Gasteiger partial charge in [-0.1, -0.05) is 0 Å². The summed E-state index contributed by atoms with van der Waals surface area (Å²) >= 11 is 0. The van der Waals surface area contributed by atoms with Crippen molar-refractivity contribution in [2.24, 2.45) is 0 Å². The van der Waals surface area contributed by atoms with Crippen molar-refractivity contribution in [1.82, 2.24) is 20.4 Å². The average molecular weight is 236 g/mol. The van der Waals surface area contributed by atoms with E-state index in [1.54, 1.807) is 13.1 Å². The quantitative estimate of drug-likeness (QED) is 0.719. The number of carbonyl (C=O) groups is 2. The Balaban J connectivity index is 1.95. The summed E-state index contributed by atoms with van der Waals surface area (Å²) in [5.74, 6) is -0.224. The monoisotopic (exact) mass is 236 g/mol. The molecule has 0 spiro atoms. The molecule has 1 aliphatic heterocycles. The Hall–Kier alpha value is -1.69. The molecule has 0 bridgehead atoms. The van der Waals surface area contributed by atoms with Gasteiger partial charge in [0.1, 0.15) is 0 Å². The van der Waals surface area contributed by atoms with Crippen molar-refractivity contribution in [1.29, 1.82) is 0 Å². The summed E-state index contributed by atoms with van der Waals surface area (Å²) in [7, 11) is 0. The molecule has 1 aromatic rings. The lowest BCUT2D eigenvalue weighted by Crippen LogP contribution is -2.38. The van der Waals surface area contributed by atoms with Crippen molar-refractivity contribution in [2.75, 3.05) is 6.54 Å². The van der Waals surface area contributed by atoms with Gasteiger partial charge < -0.3 is 5.32 Å². The lowest BCUT2D eigenvalue weighted by Gasteiger charge is -2.12. The van der Waals surface area contributed by atoms with E-state index in [4.69, 9.17) is 0 Å². The first-order chi connectivity index (χ1) is 8.13. The van der Waals surface area contributed by atoms with Gasteiger partial charge in [-0.25, -0.2) is 0 Å². The second-order valence-electron chi connectivity index (χ2n) is 4.13. The first-order valence-electron chi connectivity index (χ1n) is 5.70. The minimum Gasteiger partial charge on any atom is -0.301 e. The molecular weight excluding hydrogens is 220 g/mol. The molecule has 0 saturated carbocycles. The molecule has 0 radical (unpaired) electrons. The molecule has 1 atom stereocenters. The fourth-order valence-corrected chi connectivity index (χ4v) is 1.96. The Morgan fingerprint density at radius 1 is 1.59 bits per heavy atom. The summed E-state index contributed by atoms with van der Waals surface area (Å²) < 4.78 is 0. The number of rotatable bonds is 4. The van der Waals surface area contributed by atoms with Crippen LogP contribution >= 0.6 is 0 Å². The molecule has 17 heavy (non-hydrogen) atoms. The second-order valence-corrected chi connectivity index (χ2v) is 4.13. The first kappa shape index (κ1) is 11.8. The van der Waals surface area contributed by atoms with E-state index in [1.165, 1.54) is 4.90 Å². The van der Waals surface area contributed by atoms with Crippen LogP contribution in [-0.4, -0.2) is 39.5 Å². The molecule has 1 unspecified atom stereocenters. The number of nitrogens with one attached hydrogen (secondary N) is 2. The number of hydrogen-bond acceptors (Lipinski definition) is 4. The maximum atomic E-state index is 11.8. The second kappa shape index (κ2) is 4.67. The van der Waals surface area contributed by atoms with E-state index < -0.39 is 6.04 Å². The Labute approximate surface area is 99.4 Å². The summed E-state index contributed by atoms with van der Waals surface area (Å²) in [6.45, 7) is 4.71. The molecule has 1 fully saturated rings. The summed E-state index contributed by atoms with van der Waals surface area (Å²) in [5.41, 5.74) is 1.99. The van der Waals surface area contributed by atoms with Crippen LogP contribution in [-0.2, 0) is 16.1 Å². The average Bonchev–Trinajstić information content (AvgIpc) is 2.81. The summed E-state index contributed by atoms with van der Waals surface area (Å²) in [5, 5.41) is 9.83. The molecule has 92 valence electrons. The molecule has 2 heterocycles. The zero-order valence-corrected chi connectivity index (χ0v) is 9.99. The highest BCUT2D eigenvalue weighted by Gasteiger charge is 2.37. The van der Waals surface area contributed by atoms with Crippen LogP contribution in [0.25, 0.3) is 0 Å². The van der Waals surface area contributed by atoms with E-state index >= 15 is 0 Å². The molecular formula is C11H16N4O2. The number of aryl methyl sites for hydroxylation is 1. The zero-order chi connectivity index (χ0) is 12.4. The van der Waals surface area contributed by atoms with Crippen LogP contribution in [0, 0.1) is 6.92 Å². The molecule has 0 aromatic carbocycles. The van der Waals surface area contributed by atoms with Crippen molar-refractivity contribution in [3.05, 3.63) is 17.5 Å². The topological polar surface area (TPSA) is 78.1 Å². The Morgan fingerprint density at radius 3 is 2.88 bits per heavy atom. The van der Waals surface area contributed by atoms with E-state index in [-0.39, 0.29) is 18.2 Å². The smallest absolute Gasteiger partial charge is 0.246 e. The highest BCUT2D eigenvalue weighted by Crippen LogP contribution is 2.13. The number of hydrogen-bond donors (Lipinski definition) is 2. The summed E-state index contributed by atoms with van der Waals surface area (Å²) in [4.78, 5) is 24.6. The van der Waals surface area contributed by atoms with Crippen molar-refractivity contribution >= 4 is 11.8 Å². The third-order valence-corrected chi connectivity index (χ3v) is 3.03. The zero-order valence-electron chi connectivity index (χ0n) is 9.99. The highest BCUT2D eigenvalue weighted by atomic mass is 16.2. The molecule has 1 aliphatic rings. The molecule has 2 amide bonds. The van der Waals surface area contributed by atoms with Crippen LogP contribution in [0.1, 0.15) is 24.6 Å². The molecule has 1 aromatic heterocycles. The predicted octanol–water partition coefficient (Wildman–Crippen LogP) is -0.0449. The van der Waals surface area contributed by atoms with Gasteiger partial charge in [0.25, 0.3) is 0 Å². The number of amides is 2. The van der Waals surface area contributed by atoms with Crippen LogP contribution in [0.5, 0.6) is 0 Å². The predicted molar refractivity (Wildman–Crippen MR) is 61.0 cm³/mol. The minimum atomic E-state index is -0.392. The highest BCUT2D eigenvalue weighted by molar-refractivity contribution is 6.05. The van der Waals surface area contributed by atoms with Crippen LogP contribution in [0.2, 0.25) is 0 Å². The number of nitrogens with zero attached hydrogens (tertiary/aromatic N) is 2. The number of likely N-dealkylation sites (N-methyl/N-ethyl adjacent to an activating group) is 1. The number of H-pyrrole nitrogens is 1. The number of likely N-dealkylation sites (tertiary alicyclic amines) is 1. The standard InChI is InChI=1S/C11H16N4O2/c1-3-15-10(16)4-9(11(15)17)12-5-8-6-13-14-7(8)2/h6,9,12H,3-5H2,1-2H3,(H,13,14). The van der Waals surface area contributed by atoms with Crippen LogP contribution in [0.3, 0.4) is 0 Å². The number of carbonyl (C=O) groups excluding carboxylic acids is 2. The summed E-state index contributed by atoms with van der Waals surface area (Å²) in [6, 6.07) is -0.392. The van der Waals surface area contributed by atoms with E-state index in [1.807, 2.05) is 6.92 Å².